The molecule has 0 amide bonds. The van der Waals surface area contributed by atoms with Crippen molar-refractivity contribution >= 4 is 15.7 Å². The van der Waals surface area contributed by atoms with Crippen LogP contribution in [0.15, 0.2) is 23.1 Å². The monoisotopic (exact) mass is 369 g/mol. The van der Waals surface area contributed by atoms with Crippen LogP contribution in [0.1, 0.15) is 19.3 Å². The van der Waals surface area contributed by atoms with Crippen molar-refractivity contribution in [1.29, 1.82) is 5.26 Å². The molecule has 0 aliphatic carbocycles. The van der Waals surface area contributed by atoms with Crippen LogP contribution in [0.2, 0.25) is 0 Å². The van der Waals surface area contributed by atoms with Gasteiger partial charge in [-0.2, -0.15) is 9.57 Å². The van der Waals surface area contributed by atoms with E-state index in [1.165, 1.54) is 16.4 Å². The molecule has 1 fully saturated rings. The van der Waals surface area contributed by atoms with Crippen LogP contribution in [0.5, 0.6) is 5.75 Å². The second-order valence-electron chi connectivity index (χ2n) is 5.37. The number of hydrogen-bond acceptors (Lipinski definition) is 7. The van der Waals surface area contributed by atoms with Crippen molar-refractivity contribution < 1.29 is 22.8 Å². The number of hydrogen-bond donors (Lipinski definition) is 0. The molecule has 136 valence electrons. The van der Waals surface area contributed by atoms with E-state index in [1.807, 2.05) is 6.07 Å². The summed E-state index contributed by atoms with van der Waals surface area (Å²) in [6.07, 6.45) is 1.61. The third-order valence-corrected chi connectivity index (χ3v) is 5.57. The molecule has 0 radical (unpaired) electrons. The summed E-state index contributed by atoms with van der Waals surface area (Å²) < 4.78 is 36.9. The second-order valence-corrected chi connectivity index (χ2v) is 7.30. The molecule has 0 atom stereocenters. The van der Waals surface area contributed by atoms with Gasteiger partial charge in [0, 0.05) is 25.6 Å². The number of ether oxygens (including phenoxy) is 2. The third-order valence-electron chi connectivity index (χ3n) is 3.68. The summed E-state index contributed by atoms with van der Waals surface area (Å²) in [4.78, 5) is 10.5. The van der Waals surface area contributed by atoms with E-state index in [-0.39, 0.29) is 30.3 Å². The van der Waals surface area contributed by atoms with Gasteiger partial charge in [0.2, 0.25) is 10.0 Å². The summed E-state index contributed by atoms with van der Waals surface area (Å²) in [5.74, 6) is 0.0166. The highest BCUT2D eigenvalue weighted by atomic mass is 32.2. The Bertz CT molecular complexity index is 753. The maximum absolute atomic E-state index is 12.6. The molecule has 1 aliphatic rings. The molecular weight excluding hydrogens is 350 g/mol. The lowest BCUT2D eigenvalue weighted by Crippen LogP contribution is -2.40. The quantitative estimate of drug-likeness (QED) is 0.388. The van der Waals surface area contributed by atoms with Gasteiger partial charge in [0.05, 0.1) is 35.7 Å². The van der Waals surface area contributed by atoms with Crippen LogP contribution in [0, 0.1) is 21.4 Å². The Morgan fingerprint density at radius 3 is 2.68 bits per heavy atom. The summed E-state index contributed by atoms with van der Waals surface area (Å²) in [5.41, 5.74) is -0.394. The molecule has 0 bridgehead atoms. The molecule has 25 heavy (non-hydrogen) atoms. The molecule has 1 saturated heterocycles. The summed E-state index contributed by atoms with van der Waals surface area (Å²) in [5, 5.41) is 19.7. The molecule has 0 saturated carbocycles. The first-order chi connectivity index (χ1) is 12.0. The van der Waals surface area contributed by atoms with Crippen molar-refractivity contribution in [1.82, 2.24) is 4.31 Å². The van der Waals surface area contributed by atoms with Crippen molar-refractivity contribution in [3.05, 3.63) is 28.3 Å². The van der Waals surface area contributed by atoms with Crippen LogP contribution in [0.4, 0.5) is 5.69 Å². The molecule has 9 nitrogen and oxygen atoms in total. The lowest BCUT2D eigenvalue weighted by Gasteiger charge is -2.26. The Morgan fingerprint density at radius 1 is 1.32 bits per heavy atom. The van der Waals surface area contributed by atoms with Crippen molar-refractivity contribution in [2.45, 2.75) is 24.2 Å². The zero-order valence-electron chi connectivity index (χ0n) is 13.6. The van der Waals surface area contributed by atoms with E-state index in [0.29, 0.717) is 32.5 Å². The lowest BCUT2D eigenvalue weighted by atomic mass is 10.2. The number of benzene rings is 1. The van der Waals surface area contributed by atoms with Crippen LogP contribution in [0.3, 0.4) is 0 Å². The Morgan fingerprint density at radius 2 is 2.04 bits per heavy atom. The van der Waals surface area contributed by atoms with E-state index in [9.17, 15) is 18.5 Å². The maximum atomic E-state index is 12.6. The highest BCUT2D eigenvalue weighted by Gasteiger charge is 2.29. The number of nitro groups is 1. The lowest BCUT2D eigenvalue weighted by molar-refractivity contribution is -0.386. The molecular formula is C15H19N3O6S. The van der Waals surface area contributed by atoms with Crippen molar-refractivity contribution in [3.63, 3.8) is 0 Å². The van der Waals surface area contributed by atoms with Gasteiger partial charge < -0.3 is 9.47 Å². The summed E-state index contributed by atoms with van der Waals surface area (Å²) in [6, 6.07) is 5.64. The highest BCUT2D eigenvalue weighted by molar-refractivity contribution is 7.89. The predicted molar refractivity (Wildman–Crippen MR) is 87.6 cm³/mol. The first kappa shape index (κ1) is 19.1. The molecule has 1 aliphatic heterocycles. The molecule has 1 aromatic carbocycles. The minimum Gasteiger partial charge on any atom is -0.487 e. The number of nitriles is 1. The topological polar surface area (TPSA) is 123 Å². The third kappa shape index (κ3) is 4.88. The average Bonchev–Trinajstić information content (AvgIpc) is 2.62. The van der Waals surface area contributed by atoms with E-state index in [0.717, 1.165) is 6.07 Å². The van der Waals surface area contributed by atoms with Crippen molar-refractivity contribution in [3.8, 4) is 11.8 Å². The molecule has 1 aromatic rings. The molecule has 1 heterocycles. The average molecular weight is 369 g/mol. The number of morpholine rings is 1. The summed E-state index contributed by atoms with van der Waals surface area (Å²) in [7, 11) is -3.81. The minimum atomic E-state index is -3.81. The Labute approximate surface area is 146 Å². The van der Waals surface area contributed by atoms with E-state index in [4.69, 9.17) is 14.7 Å². The molecule has 0 spiro atoms. The van der Waals surface area contributed by atoms with Gasteiger partial charge >= 0.3 is 5.69 Å². The fraction of sp³-hybridized carbons (Fsp3) is 0.533. The highest BCUT2D eigenvalue weighted by Crippen LogP contribution is 2.31. The maximum Gasteiger partial charge on any atom is 0.312 e. The molecule has 0 unspecified atom stereocenters. The predicted octanol–water partition coefficient (Wildman–Crippen LogP) is 1.69. The van der Waals surface area contributed by atoms with Gasteiger partial charge in [-0.15, -0.1) is 0 Å². The van der Waals surface area contributed by atoms with Gasteiger partial charge in [-0.1, -0.05) is 0 Å². The SMILES string of the molecule is N#CCCCCOc1ccc(S(=O)(=O)N2CCOCC2)cc1[N+](=O)[O-]. The largest absolute Gasteiger partial charge is 0.487 e. The summed E-state index contributed by atoms with van der Waals surface area (Å²) >= 11 is 0. The van der Waals surface area contributed by atoms with Crippen LogP contribution in [-0.4, -0.2) is 50.6 Å². The Balaban J connectivity index is 2.17. The van der Waals surface area contributed by atoms with E-state index in [2.05, 4.69) is 0 Å². The normalized spacial score (nSPS) is 15.5. The van der Waals surface area contributed by atoms with E-state index in [1.54, 1.807) is 0 Å². The minimum absolute atomic E-state index is 0.0166. The van der Waals surface area contributed by atoms with Crippen molar-refractivity contribution in [2.75, 3.05) is 32.9 Å². The van der Waals surface area contributed by atoms with Crippen molar-refractivity contribution in [2.24, 2.45) is 0 Å². The zero-order valence-corrected chi connectivity index (χ0v) is 14.4. The second kappa shape index (κ2) is 8.75. The Hall–Kier alpha value is -2.22. The Kier molecular flexibility index (Phi) is 6.69. The number of nitrogens with zero attached hydrogens (tertiary/aromatic N) is 3. The number of rotatable bonds is 8. The fourth-order valence-corrected chi connectivity index (χ4v) is 3.78. The van der Waals surface area contributed by atoms with Gasteiger partial charge in [0.15, 0.2) is 5.75 Å². The molecule has 10 heteroatoms. The summed E-state index contributed by atoms with van der Waals surface area (Å²) in [6.45, 7) is 1.25. The smallest absolute Gasteiger partial charge is 0.312 e. The van der Waals surface area contributed by atoms with Crippen LogP contribution < -0.4 is 4.74 Å². The molecule has 2 rings (SSSR count). The number of nitro benzene ring substituents is 1. The van der Waals surface area contributed by atoms with Gasteiger partial charge in [0.25, 0.3) is 0 Å². The van der Waals surface area contributed by atoms with Gasteiger partial charge in [-0.25, -0.2) is 8.42 Å². The first-order valence-corrected chi connectivity index (χ1v) is 9.27. The van der Waals surface area contributed by atoms with Gasteiger partial charge in [-0.3, -0.25) is 10.1 Å². The number of sulfonamides is 1. The molecule has 0 N–H and O–H groups in total. The van der Waals surface area contributed by atoms with E-state index < -0.39 is 20.6 Å². The van der Waals surface area contributed by atoms with E-state index >= 15 is 0 Å². The standard InChI is InChI=1S/C15H19N3O6S/c16-6-2-1-3-9-24-15-5-4-13(12-14(15)18(19)20)25(21,22)17-7-10-23-11-8-17/h4-5,12H,1-3,7-11H2. The van der Waals surface area contributed by atoms with Crippen LogP contribution in [0.25, 0.3) is 0 Å². The van der Waals surface area contributed by atoms with Crippen LogP contribution >= 0.6 is 0 Å². The van der Waals surface area contributed by atoms with Gasteiger partial charge in [0.1, 0.15) is 0 Å². The number of unbranched alkanes of at least 4 members (excludes halogenated alkanes) is 2. The molecule has 0 aromatic heterocycles. The van der Waals surface area contributed by atoms with Gasteiger partial charge in [-0.05, 0) is 25.0 Å². The van der Waals surface area contributed by atoms with Crippen LogP contribution in [-0.2, 0) is 14.8 Å². The first-order valence-electron chi connectivity index (χ1n) is 7.83. The fourth-order valence-electron chi connectivity index (χ4n) is 2.35. The zero-order chi connectivity index (χ0) is 18.3.